The standard InChI is InChI=1S/C30H34N2O5/c1-5-6-14-26(37-4)27-25(20-31-28(27)21(2)36-3)29(34)30(35)32-17-15-23(16-18-32)24(13-10-19-33)22-11-8-7-9-12-22/h6-9,11-12,14,20,31,33H,5,15-19H2,1-4H3/b14-6+,27-26+,28-21-. The minimum Gasteiger partial charge on any atom is -0.499 e. The van der Waals surface area contributed by atoms with Crippen LogP contribution in [0.4, 0.5) is 0 Å². The number of nitrogens with zero attached hydrogens (tertiary/aromatic N) is 1. The Morgan fingerprint density at radius 1 is 1.14 bits per heavy atom. The predicted octanol–water partition coefficient (Wildman–Crippen LogP) is 2.76. The summed E-state index contributed by atoms with van der Waals surface area (Å²) in [5.41, 5.74) is 3.21. The quantitative estimate of drug-likeness (QED) is 0.345. The van der Waals surface area contributed by atoms with Crippen LogP contribution in [0.1, 0.15) is 49.0 Å². The molecule has 1 aromatic carbocycles. The molecule has 2 aromatic rings. The molecular formula is C30H34N2O5. The van der Waals surface area contributed by atoms with Gasteiger partial charge >= 0.3 is 0 Å². The number of piperidine rings is 1. The Balaban J connectivity index is 1.93. The Morgan fingerprint density at radius 3 is 2.43 bits per heavy atom. The van der Waals surface area contributed by atoms with Gasteiger partial charge in [-0.25, -0.2) is 0 Å². The minimum atomic E-state index is -0.600. The molecule has 0 unspecified atom stereocenters. The first-order valence-corrected chi connectivity index (χ1v) is 12.3. The van der Waals surface area contributed by atoms with Crippen LogP contribution in [0.25, 0.3) is 17.1 Å². The first-order valence-electron chi connectivity index (χ1n) is 12.3. The Kier molecular flexibility index (Phi) is 9.93. The smallest absolute Gasteiger partial charge is 0.295 e. The lowest BCUT2D eigenvalue weighted by molar-refractivity contribution is -0.126. The van der Waals surface area contributed by atoms with Gasteiger partial charge in [0.1, 0.15) is 18.1 Å². The third-order valence-corrected chi connectivity index (χ3v) is 6.31. The van der Waals surface area contributed by atoms with E-state index in [9.17, 15) is 14.7 Å². The van der Waals surface area contributed by atoms with Crippen molar-refractivity contribution >= 4 is 28.8 Å². The van der Waals surface area contributed by atoms with Crippen molar-refractivity contribution in [1.82, 2.24) is 9.88 Å². The normalized spacial score (nSPS) is 15.1. The summed E-state index contributed by atoms with van der Waals surface area (Å²) in [6.45, 7) is 4.37. The first kappa shape index (κ1) is 27.6. The zero-order valence-corrected chi connectivity index (χ0v) is 21.9. The Morgan fingerprint density at radius 2 is 1.84 bits per heavy atom. The maximum Gasteiger partial charge on any atom is 0.295 e. The number of methoxy groups -OCH3 is 2. The van der Waals surface area contributed by atoms with Crippen LogP contribution < -0.4 is 10.6 Å². The van der Waals surface area contributed by atoms with E-state index >= 15 is 0 Å². The number of aromatic nitrogens is 1. The van der Waals surface area contributed by atoms with Crippen LogP contribution in [0.15, 0.2) is 54.3 Å². The van der Waals surface area contributed by atoms with Crippen molar-refractivity contribution in [2.45, 2.75) is 33.1 Å². The number of nitrogens with one attached hydrogen (secondary N) is 1. The molecule has 7 heteroatoms. The van der Waals surface area contributed by atoms with Gasteiger partial charge in [0.15, 0.2) is 0 Å². The second-order valence-corrected chi connectivity index (χ2v) is 8.52. The van der Waals surface area contributed by atoms with E-state index < -0.39 is 11.7 Å². The topological polar surface area (TPSA) is 91.9 Å². The van der Waals surface area contributed by atoms with Crippen LogP contribution in [0.5, 0.6) is 0 Å². The average molecular weight is 503 g/mol. The number of hydrogen-bond acceptors (Lipinski definition) is 5. The van der Waals surface area contributed by atoms with Gasteiger partial charge in [0.25, 0.3) is 11.7 Å². The van der Waals surface area contributed by atoms with E-state index in [2.05, 4.69) is 16.8 Å². The number of aromatic amines is 1. The number of ether oxygens (including phenoxy) is 2. The summed E-state index contributed by atoms with van der Waals surface area (Å²) >= 11 is 0. The van der Waals surface area contributed by atoms with Gasteiger partial charge in [0.05, 0.1) is 30.4 Å². The fraction of sp³-hybridized carbons (Fsp3) is 0.333. The van der Waals surface area contributed by atoms with Crippen molar-refractivity contribution in [3.8, 4) is 11.8 Å². The molecule has 1 aliphatic heterocycles. The number of aliphatic hydroxyl groups is 1. The number of aliphatic hydroxyl groups excluding tert-OH is 1. The van der Waals surface area contributed by atoms with Crippen molar-refractivity contribution in [3.05, 3.63) is 75.9 Å². The molecule has 3 rings (SSSR count). The van der Waals surface area contributed by atoms with Gasteiger partial charge < -0.3 is 24.5 Å². The number of rotatable bonds is 7. The first-order chi connectivity index (χ1) is 18.0. The highest BCUT2D eigenvalue weighted by Crippen LogP contribution is 2.26. The minimum absolute atomic E-state index is 0.225. The van der Waals surface area contributed by atoms with E-state index in [1.165, 1.54) is 7.11 Å². The molecule has 0 saturated carbocycles. The van der Waals surface area contributed by atoms with Crippen molar-refractivity contribution in [1.29, 1.82) is 0 Å². The maximum absolute atomic E-state index is 13.4. The van der Waals surface area contributed by atoms with E-state index in [1.54, 1.807) is 31.2 Å². The molecular weight excluding hydrogens is 468 g/mol. The number of carbonyl (C=O) groups is 2. The van der Waals surface area contributed by atoms with E-state index in [4.69, 9.17) is 9.47 Å². The summed E-state index contributed by atoms with van der Waals surface area (Å²) in [5.74, 6) is 5.72. The second kappa shape index (κ2) is 13.3. The van der Waals surface area contributed by atoms with Crippen LogP contribution >= 0.6 is 0 Å². The van der Waals surface area contributed by atoms with E-state index in [1.807, 2.05) is 43.3 Å². The SMILES string of the molecule is CC/C=C/C(OC)=c1/c(C(=O)C(=O)N2CCC(=C(C#CCO)c3ccccc3)CC2)c[nH]/c1=C(/C)OC. The average Bonchev–Trinajstić information content (AvgIpc) is 3.38. The number of likely N-dealkylation sites (tertiary alicyclic amines) is 1. The van der Waals surface area contributed by atoms with Crippen LogP contribution in [0, 0.1) is 11.8 Å². The highest BCUT2D eigenvalue weighted by atomic mass is 16.5. The molecule has 0 aliphatic carbocycles. The molecule has 0 atom stereocenters. The number of H-pyrrole nitrogens is 1. The number of Topliss-reactive ketones (excluding diaryl/α,β-unsaturated/α-hetero) is 1. The van der Waals surface area contributed by atoms with Crippen LogP contribution in [0.2, 0.25) is 0 Å². The van der Waals surface area contributed by atoms with Gasteiger partial charge in [-0.3, -0.25) is 9.59 Å². The van der Waals surface area contributed by atoms with Crippen molar-refractivity contribution in [2.24, 2.45) is 0 Å². The molecule has 0 bridgehead atoms. The number of allylic oxidation sites excluding steroid dienone is 2. The van der Waals surface area contributed by atoms with Gasteiger partial charge in [0.2, 0.25) is 0 Å². The summed E-state index contributed by atoms with van der Waals surface area (Å²) in [6, 6.07) is 9.79. The molecule has 1 aliphatic rings. The molecule has 1 fully saturated rings. The second-order valence-electron chi connectivity index (χ2n) is 8.52. The number of benzene rings is 1. The number of amides is 1. The number of ketones is 1. The largest absolute Gasteiger partial charge is 0.499 e. The van der Waals surface area contributed by atoms with Crippen molar-refractivity contribution in [3.63, 3.8) is 0 Å². The number of carbonyl (C=O) groups excluding carboxylic acids is 2. The lowest BCUT2D eigenvalue weighted by Crippen LogP contribution is -2.43. The van der Waals surface area contributed by atoms with E-state index in [0.29, 0.717) is 48.0 Å². The zero-order valence-electron chi connectivity index (χ0n) is 21.9. The summed E-state index contributed by atoms with van der Waals surface area (Å²) < 4.78 is 11.0. The summed E-state index contributed by atoms with van der Waals surface area (Å²) in [4.78, 5) is 31.4. The molecule has 0 spiro atoms. The van der Waals surface area contributed by atoms with Crippen molar-refractivity contribution in [2.75, 3.05) is 33.9 Å². The Labute approximate surface area is 217 Å². The highest BCUT2D eigenvalue weighted by molar-refractivity contribution is 6.42. The molecule has 7 nitrogen and oxygen atoms in total. The van der Waals surface area contributed by atoms with Gasteiger partial charge in [-0.1, -0.05) is 60.7 Å². The fourth-order valence-electron chi connectivity index (χ4n) is 4.30. The zero-order chi connectivity index (χ0) is 26.8. The van der Waals surface area contributed by atoms with Gasteiger partial charge in [0, 0.05) is 24.9 Å². The number of hydrogen-bond donors (Lipinski definition) is 2. The van der Waals surface area contributed by atoms with Gasteiger partial charge in [-0.15, -0.1) is 0 Å². The van der Waals surface area contributed by atoms with Crippen molar-refractivity contribution < 1.29 is 24.2 Å². The molecule has 2 N–H and O–H groups in total. The highest BCUT2D eigenvalue weighted by Gasteiger charge is 2.28. The Bertz CT molecular complexity index is 1360. The summed E-state index contributed by atoms with van der Waals surface area (Å²) in [7, 11) is 3.08. The maximum atomic E-state index is 13.4. The Hall–Kier alpha value is -4.02. The molecule has 37 heavy (non-hydrogen) atoms. The van der Waals surface area contributed by atoms with Gasteiger partial charge in [-0.05, 0) is 37.8 Å². The lowest BCUT2D eigenvalue weighted by atomic mass is 9.93. The third kappa shape index (κ3) is 6.41. The summed E-state index contributed by atoms with van der Waals surface area (Å²) in [5, 5.41) is 10.3. The van der Waals surface area contributed by atoms with E-state index in [0.717, 1.165) is 23.1 Å². The molecule has 0 radical (unpaired) electrons. The molecule has 2 heterocycles. The lowest BCUT2D eigenvalue weighted by Gasteiger charge is -2.28. The monoisotopic (exact) mass is 502 g/mol. The van der Waals surface area contributed by atoms with Crippen LogP contribution in [-0.4, -0.2) is 60.6 Å². The molecule has 1 saturated heterocycles. The molecule has 1 aromatic heterocycles. The van der Waals surface area contributed by atoms with Gasteiger partial charge in [-0.2, -0.15) is 0 Å². The molecule has 194 valence electrons. The third-order valence-electron chi connectivity index (χ3n) is 6.31. The van der Waals surface area contributed by atoms with Crippen LogP contribution in [-0.2, 0) is 14.3 Å². The fourth-order valence-corrected chi connectivity index (χ4v) is 4.30. The predicted molar refractivity (Wildman–Crippen MR) is 144 cm³/mol. The molecule has 1 amide bonds. The van der Waals surface area contributed by atoms with E-state index in [-0.39, 0.29) is 12.2 Å². The summed E-state index contributed by atoms with van der Waals surface area (Å²) in [6.07, 6.45) is 7.25. The van der Waals surface area contributed by atoms with Crippen LogP contribution in [0.3, 0.4) is 0 Å².